The molecule has 4 aliphatic rings. The zero-order valence-corrected chi connectivity index (χ0v) is 15.5. The predicted molar refractivity (Wildman–Crippen MR) is 93.7 cm³/mol. The molecule has 0 amide bonds. The van der Waals surface area contributed by atoms with E-state index in [9.17, 15) is 19.8 Å². The minimum absolute atomic E-state index is 0.0664. The Balaban J connectivity index is 1.74. The lowest BCUT2D eigenvalue weighted by atomic mass is 9.46. The SMILES string of the molecule is CC(=O)[C@H]1C[C@@H](O)[C@H]2[C@@H]3C[C@@H](O)C4=CC(=O)CC[C@]4(C)[C@H]3CC[C@@]21C. The van der Waals surface area contributed by atoms with Crippen LogP contribution in [0.2, 0.25) is 0 Å². The van der Waals surface area contributed by atoms with Crippen molar-refractivity contribution >= 4 is 11.6 Å². The Hall–Kier alpha value is -1.00. The van der Waals surface area contributed by atoms with E-state index in [-0.39, 0.29) is 40.2 Å². The Morgan fingerprint density at radius 1 is 1.20 bits per heavy atom. The number of aliphatic hydroxyl groups excluding tert-OH is 2. The fourth-order valence-electron chi connectivity index (χ4n) is 7.31. The minimum atomic E-state index is -0.596. The molecule has 0 aliphatic heterocycles. The molecule has 0 heterocycles. The molecule has 4 aliphatic carbocycles. The van der Waals surface area contributed by atoms with Gasteiger partial charge >= 0.3 is 0 Å². The Morgan fingerprint density at radius 2 is 1.92 bits per heavy atom. The number of ketones is 2. The molecule has 3 saturated carbocycles. The summed E-state index contributed by atoms with van der Waals surface area (Å²) in [6.07, 6.45) is 5.13. The number of Topliss-reactive ketones (excluding diaryl/α,β-unsaturated/α-hetero) is 1. The van der Waals surface area contributed by atoms with Gasteiger partial charge in [0.25, 0.3) is 0 Å². The third kappa shape index (κ3) is 2.26. The second kappa shape index (κ2) is 5.50. The summed E-state index contributed by atoms with van der Waals surface area (Å²) in [5.74, 6) is 0.934. The lowest BCUT2D eigenvalue weighted by Crippen LogP contribution is -2.55. The second-order valence-corrected chi connectivity index (χ2v) is 9.54. The van der Waals surface area contributed by atoms with Crippen LogP contribution >= 0.6 is 0 Å². The molecule has 4 rings (SSSR count). The lowest BCUT2D eigenvalue weighted by Gasteiger charge is -2.59. The summed E-state index contributed by atoms with van der Waals surface area (Å²) in [6, 6.07) is 0. The monoisotopic (exact) mass is 346 g/mol. The normalized spacial score (nSPS) is 52.0. The van der Waals surface area contributed by atoms with Gasteiger partial charge in [-0.2, -0.15) is 0 Å². The van der Waals surface area contributed by atoms with E-state index in [2.05, 4.69) is 13.8 Å². The Labute approximate surface area is 149 Å². The first-order valence-electron chi connectivity index (χ1n) is 9.80. The highest BCUT2D eigenvalue weighted by Crippen LogP contribution is 2.66. The molecular weight excluding hydrogens is 316 g/mol. The Bertz CT molecular complexity index is 652. The van der Waals surface area contributed by atoms with Crippen LogP contribution in [-0.2, 0) is 9.59 Å². The van der Waals surface area contributed by atoms with Gasteiger partial charge in [0.15, 0.2) is 5.78 Å². The van der Waals surface area contributed by atoms with Gasteiger partial charge in [-0.25, -0.2) is 0 Å². The molecule has 2 N–H and O–H groups in total. The van der Waals surface area contributed by atoms with Crippen molar-refractivity contribution in [3.05, 3.63) is 11.6 Å². The number of hydrogen-bond donors (Lipinski definition) is 2. The molecule has 25 heavy (non-hydrogen) atoms. The van der Waals surface area contributed by atoms with Crippen molar-refractivity contribution < 1.29 is 19.8 Å². The zero-order valence-electron chi connectivity index (χ0n) is 15.5. The van der Waals surface area contributed by atoms with Gasteiger partial charge in [-0.3, -0.25) is 9.59 Å². The minimum Gasteiger partial charge on any atom is -0.393 e. The standard InChI is InChI=1S/C21H30O4/c1-11(22)15-10-18(25)19-13-9-17(24)16-8-12(23)4-6-20(16,2)14(13)5-7-21(15,19)3/h8,13-15,17-19,24-25H,4-7,9-10H2,1-3H3/t13-,14+,15-,17-,18-,19-,20-,21-/m1/s1. The van der Waals surface area contributed by atoms with Gasteiger partial charge < -0.3 is 10.2 Å². The predicted octanol–water partition coefficient (Wildman–Crippen LogP) is 2.67. The van der Waals surface area contributed by atoms with Crippen molar-refractivity contribution in [1.29, 1.82) is 0 Å². The fraction of sp³-hybridized carbons (Fsp3) is 0.810. The summed E-state index contributed by atoms with van der Waals surface area (Å²) in [5.41, 5.74) is 0.615. The van der Waals surface area contributed by atoms with E-state index in [4.69, 9.17) is 0 Å². The first-order chi connectivity index (χ1) is 11.7. The summed E-state index contributed by atoms with van der Waals surface area (Å²) in [5, 5.41) is 21.7. The molecule has 138 valence electrons. The van der Waals surface area contributed by atoms with E-state index in [0.717, 1.165) is 24.8 Å². The summed E-state index contributed by atoms with van der Waals surface area (Å²) in [7, 11) is 0. The molecule has 0 aromatic carbocycles. The molecule has 0 radical (unpaired) electrons. The van der Waals surface area contributed by atoms with Crippen LogP contribution in [0, 0.1) is 34.5 Å². The Morgan fingerprint density at radius 3 is 2.60 bits per heavy atom. The highest BCUT2D eigenvalue weighted by Gasteiger charge is 2.63. The molecule has 0 aromatic rings. The van der Waals surface area contributed by atoms with Crippen molar-refractivity contribution in [1.82, 2.24) is 0 Å². The van der Waals surface area contributed by atoms with Gasteiger partial charge in [0.05, 0.1) is 12.2 Å². The number of carbonyl (C=O) groups excluding carboxylic acids is 2. The highest BCUT2D eigenvalue weighted by molar-refractivity contribution is 5.91. The largest absolute Gasteiger partial charge is 0.393 e. The average Bonchev–Trinajstić information content (AvgIpc) is 2.81. The second-order valence-electron chi connectivity index (χ2n) is 9.54. The number of aliphatic hydroxyl groups is 2. The molecule has 0 saturated heterocycles. The van der Waals surface area contributed by atoms with Crippen molar-refractivity contribution in [3.8, 4) is 0 Å². The average molecular weight is 346 g/mol. The number of rotatable bonds is 1. The lowest BCUT2D eigenvalue weighted by molar-refractivity contribution is -0.132. The Kier molecular flexibility index (Phi) is 3.83. The maximum absolute atomic E-state index is 12.2. The maximum atomic E-state index is 12.2. The topological polar surface area (TPSA) is 74.6 Å². The van der Waals surface area contributed by atoms with Gasteiger partial charge in [-0.1, -0.05) is 13.8 Å². The summed E-state index contributed by atoms with van der Waals surface area (Å²) in [4.78, 5) is 24.1. The first kappa shape index (κ1) is 17.4. The summed E-state index contributed by atoms with van der Waals surface area (Å²) < 4.78 is 0. The molecule has 4 heteroatoms. The summed E-state index contributed by atoms with van der Waals surface area (Å²) >= 11 is 0. The van der Waals surface area contributed by atoms with Gasteiger partial charge in [0.1, 0.15) is 5.78 Å². The highest BCUT2D eigenvalue weighted by atomic mass is 16.3. The maximum Gasteiger partial charge on any atom is 0.155 e. The fourth-order valence-corrected chi connectivity index (χ4v) is 7.31. The molecular formula is C21H30O4. The number of fused-ring (bicyclic) bond motifs is 5. The van der Waals surface area contributed by atoms with E-state index in [1.54, 1.807) is 13.0 Å². The van der Waals surface area contributed by atoms with E-state index in [0.29, 0.717) is 25.2 Å². The van der Waals surface area contributed by atoms with Crippen LogP contribution in [0.5, 0.6) is 0 Å². The zero-order chi connectivity index (χ0) is 18.1. The van der Waals surface area contributed by atoms with Gasteiger partial charge in [0, 0.05) is 12.3 Å². The smallest absolute Gasteiger partial charge is 0.155 e. The van der Waals surface area contributed by atoms with Crippen molar-refractivity contribution in [2.75, 3.05) is 0 Å². The summed E-state index contributed by atoms with van der Waals surface area (Å²) in [6.45, 7) is 6.04. The molecule has 4 nitrogen and oxygen atoms in total. The number of carbonyl (C=O) groups is 2. The van der Waals surface area contributed by atoms with Gasteiger partial charge in [-0.15, -0.1) is 0 Å². The van der Waals surface area contributed by atoms with E-state index in [1.807, 2.05) is 0 Å². The van der Waals surface area contributed by atoms with E-state index in [1.165, 1.54) is 0 Å². The van der Waals surface area contributed by atoms with Crippen LogP contribution in [0.4, 0.5) is 0 Å². The van der Waals surface area contributed by atoms with Crippen molar-refractivity contribution in [3.63, 3.8) is 0 Å². The molecule has 3 fully saturated rings. The first-order valence-corrected chi connectivity index (χ1v) is 9.80. The van der Waals surface area contributed by atoms with Gasteiger partial charge in [-0.05, 0) is 79.3 Å². The van der Waals surface area contributed by atoms with Crippen LogP contribution in [-0.4, -0.2) is 34.0 Å². The third-order valence-electron chi connectivity index (χ3n) is 8.45. The van der Waals surface area contributed by atoms with Crippen LogP contribution in [0.15, 0.2) is 11.6 Å². The van der Waals surface area contributed by atoms with Crippen LogP contribution in [0.3, 0.4) is 0 Å². The molecule has 8 atom stereocenters. The third-order valence-corrected chi connectivity index (χ3v) is 8.45. The van der Waals surface area contributed by atoms with E-state index < -0.39 is 12.2 Å². The van der Waals surface area contributed by atoms with Gasteiger partial charge in [0.2, 0.25) is 0 Å². The van der Waals surface area contributed by atoms with Crippen LogP contribution in [0.25, 0.3) is 0 Å². The molecule has 0 spiro atoms. The molecule has 0 unspecified atom stereocenters. The molecule has 0 bridgehead atoms. The van der Waals surface area contributed by atoms with Crippen molar-refractivity contribution in [2.45, 2.75) is 71.5 Å². The quantitative estimate of drug-likeness (QED) is 0.765. The number of hydrogen-bond acceptors (Lipinski definition) is 4. The van der Waals surface area contributed by atoms with E-state index >= 15 is 0 Å². The molecule has 0 aromatic heterocycles. The van der Waals surface area contributed by atoms with Crippen LogP contribution in [0.1, 0.15) is 59.3 Å². The van der Waals surface area contributed by atoms with Crippen molar-refractivity contribution in [2.24, 2.45) is 34.5 Å². The van der Waals surface area contributed by atoms with Crippen LogP contribution < -0.4 is 0 Å².